The summed E-state index contributed by atoms with van der Waals surface area (Å²) in [6.45, 7) is 10.2. The summed E-state index contributed by atoms with van der Waals surface area (Å²) in [4.78, 5) is 27.9. The Bertz CT molecular complexity index is 1240. The van der Waals surface area contributed by atoms with E-state index in [1.807, 2.05) is 4.52 Å². The van der Waals surface area contributed by atoms with Gasteiger partial charge in [0.25, 0.3) is 0 Å². The minimum Gasteiger partial charge on any atom is -0.347 e. The van der Waals surface area contributed by atoms with Gasteiger partial charge < -0.3 is 9.88 Å². The van der Waals surface area contributed by atoms with Gasteiger partial charge in [0.2, 0.25) is 0 Å². The predicted octanol–water partition coefficient (Wildman–Crippen LogP) is 4.24. The smallest absolute Gasteiger partial charge is 0.187 e. The molecular formula is C21H24N6OS. The molecule has 7 nitrogen and oxygen atoms in total. The molecule has 0 radical (unpaired) electrons. The molecule has 0 saturated carbocycles. The van der Waals surface area contributed by atoms with Gasteiger partial charge in [-0.2, -0.15) is 5.10 Å². The molecule has 0 bridgehead atoms. The average molecular weight is 409 g/mol. The average Bonchev–Trinajstić information content (AvgIpc) is 3.38. The predicted molar refractivity (Wildman–Crippen MR) is 116 cm³/mol. The van der Waals surface area contributed by atoms with Crippen LogP contribution in [0.1, 0.15) is 49.3 Å². The quantitative estimate of drug-likeness (QED) is 0.548. The number of fused-ring (bicyclic) bond motifs is 2. The molecule has 8 heteroatoms. The van der Waals surface area contributed by atoms with Gasteiger partial charge in [0.05, 0.1) is 5.69 Å². The van der Waals surface area contributed by atoms with Crippen molar-refractivity contribution in [3.63, 3.8) is 0 Å². The summed E-state index contributed by atoms with van der Waals surface area (Å²) in [5, 5.41) is 5.36. The molecule has 4 aromatic rings. The number of nitrogens with one attached hydrogen (secondary N) is 1. The van der Waals surface area contributed by atoms with Crippen LogP contribution in [0.25, 0.3) is 27.3 Å². The van der Waals surface area contributed by atoms with Gasteiger partial charge >= 0.3 is 0 Å². The lowest BCUT2D eigenvalue weighted by atomic mass is 9.96. The van der Waals surface area contributed by atoms with E-state index < -0.39 is 0 Å². The molecule has 1 fully saturated rings. The number of aryl methyl sites for hydroxylation is 1. The lowest BCUT2D eigenvalue weighted by molar-refractivity contribution is -0.119. The third-order valence-electron chi connectivity index (χ3n) is 5.94. The largest absolute Gasteiger partial charge is 0.347 e. The van der Waals surface area contributed by atoms with Gasteiger partial charge in [-0.05, 0) is 30.9 Å². The number of Topliss-reactive ketones (excluding diaryl/α,β-unsaturated/α-hetero) is 1. The van der Waals surface area contributed by atoms with Gasteiger partial charge in [0, 0.05) is 43.3 Å². The first-order valence-electron chi connectivity index (χ1n) is 10.0. The van der Waals surface area contributed by atoms with E-state index in [1.54, 1.807) is 17.7 Å². The van der Waals surface area contributed by atoms with Crippen molar-refractivity contribution < 1.29 is 4.79 Å². The molecule has 1 N–H and O–H groups in total. The van der Waals surface area contributed by atoms with Gasteiger partial charge in [-0.25, -0.2) is 14.5 Å². The number of ketones is 1. The van der Waals surface area contributed by atoms with Crippen LogP contribution < -0.4 is 4.90 Å². The zero-order valence-electron chi connectivity index (χ0n) is 17.1. The molecule has 4 aromatic heterocycles. The maximum atomic E-state index is 11.6. The third kappa shape index (κ3) is 2.85. The zero-order valence-corrected chi connectivity index (χ0v) is 17.9. The molecule has 5 rings (SSSR count). The fourth-order valence-corrected chi connectivity index (χ4v) is 5.22. The second-order valence-electron chi connectivity index (χ2n) is 8.09. The molecule has 150 valence electrons. The van der Waals surface area contributed by atoms with Crippen LogP contribution in [0.5, 0.6) is 0 Å². The van der Waals surface area contributed by atoms with Crippen molar-refractivity contribution in [2.24, 2.45) is 0 Å². The third-order valence-corrected chi connectivity index (χ3v) is 6.98. The minimum absolute atomic E-state index is 0.322. The highest BCUT2D eigenvalue weighted by molar-refractivity contribution is 7.21. The molecule has 0 unspecified atom stereocenters. The highest BCUT2D eigenvalue weighted by Crippen LogP contribution is 2.41. The highest BCUT2D eigenvalue weighted by atomic mass is 32.1. The van der Waals surface area contributed by atoms with Crippen LogP contribution in [0.4, 0.5) is 5.13 Å². The summed E-state index contributed by atoms with van der Waals surface area (Å²) in [5.41, 5.74) is 7.77. The fraction of sp³-hybridized carbons (Fsp3) is 0.429. The molecule has 0 aromatic carbocycles. The van der Waals surface area contributed by atoms with Crippen LogP contribution in [0.2, 0.25) is 0 Å². The molecule has 29 heavy (non-hydrogen) atoms. The van der Waals surface area contributed by atoms with Crippen LogP contribution in [0.3, 0.4) is 0 Å². The van der Waals surface area contributed by atoms with Crippen molar-refractivity contribution in [3.05, 3.63) is 29.2 Å². The number of piperidine rings is 1. The highest BCUT2D eigenvalue weighted by Gasteiger charge is 2.25. The van der Waals surface area contributed by atoms with Crippen LogP contribution in [0, 0.1) is 13.8 Å². The van der Waals surface area contributed by atoms with E-state index in [0.29, 0.717) is 24.5 Å². The number of pyridine rings is 1. The van der Waals surface area contributed by atoms with Crippen molar-refractivity contribution in [2.75, 3.05) is 18.0 Å². The Balaban J connectivity index is 1.65. The molecule has 0 spiro atoms. The topological polar surface area (TPSA) is 79.2 Å². The normalized spacial score (nSPS) is 15.3. The standard InChI is InChI=1S/C21H24N6OS/c1-11(2)16-17(15-9-27-19(22-10-23-27)13(4)12(15)3)24-20-18(16)25-21(29-20)26-7-5-14(28)6-8-26/h9-11,24H,5-8H2,1-4H3. The van der Waals surface area contributed by atoms with Gasteiger partial charge in [0.1, 0.15) is 22.5 Å². The Labute approximate surface area is 172 Å². The molecule has 0 amide bonds. The Morgan fingerprint density at radius 2 is 1.93 bits per heavy atom. The first-order valence-corrected chi connectivity index (χ1v) is 10.8. The maximum absolute atomic E-state index is 11.6. The van der Waals surface area contributed by atoms with E-state index in [-0.39, 0.29) is 0 Å². The number of H-pyrrole nitrogens is 1. The maximum Gasteiger partial charge on any atom is 0.187 e. The van der Waals surface area contributed by atoms with Crippen molar-refractivity contribution in [1.29, 1.82) is 0 Å². The molecule has 1 saturated heterocycles. The summed E-state index contributed by atoms with van der Waals surface area (Å²) < 4.78 is 1.85. The Hall–Kier alpha value is -2.74. The number of hydrogen-bond donors (Lipinski definition) is 1. The summed E-state index contributed by atoms with van der Waals surface area (Å²) in [5.74, 6) is 0.672. The summed E-state index contributed by atoms with van der Waals surface area (Å²) >= 11 is 1.68. The van der Waals surface area contributed by atoms with E-state index in [4.69, 9.17) is 4.98 Å². The second-order valence-corrected chi connectivity index (χ2v) is 9.07. The lowest BCUT2D eigenvalue weighted by Gasteiger charge is -2.25. The molecular weight excluding hydrogens is 384 g/mol. The fourth-order valence-electron chi connectivity index (χ4n) is 4.19. The summed E-state index contributed by atoms with van der Waals surface area (Å²) in [7, 11) is 0. The van der Waals surface area contributed by atoms with Crippen LogP contribution in [-0.2, 0) is 4.79 Å². The summed E-state index contributed by atoms with van der Waals surface area (Å²) in [6.07, 6.45) is 4.89. The molecule has 1 aliphatic heterocycles. The molecule has 1 aliphatic rings. The van der Waals surface area contributed by atoms with E-state index in [9.17, 15) is 4.79 Å². The van der Waals surface area contributed by atoms with E-state index >= 15 is 0 Å². The molecule has 5 heterocycles. The van der Waals surface area contributed by atoms with E-state index in [2.05, 4.69) is 53.9 Å². The first kappa shape index (κ1) is 18.3. The van der Waals surface area contributed by atoms with Gasteiger partial charge in [-0.15, -0.1) is 0 Å². The number of carbonyl (C=O) groups excluding carboxylic acids is 1. The number of thiazole rings is 1. The van der Waals surface area contributed by atoms with Gasteiger partial charge in [0.15, 0.2) is 10.8 Å². The minimum atomic E-state index is 0.322. The lowest BCUT2D eigenvalue weighted by Crippen LogP contribution is -2.33. The molecule has 0 atom stereocenters. The Morgan fingerprint density at radius 1 is 1.17 bits per heavy atom. The number of rotatable bonds is 3. The van der Waals surface area contributed by atoms with Crippen LogP contribution in [0.15, 0.2) is 12.5 Å². The summed E-state index contributed by atoms with van der Waals surface area (Å²) in [6, 6.07) is 0. The second kappa shape index (κ2) is 6.66. The Kier molecular flexibility index (Phi) is 4.20. The SMILES string of the molecule is Cc1c(-c2[nH]c3sc(N4CCC(=O)CC4)nc3c2C(C)C)cn2ncnc2c1C. The number of nitrogens with zero attached hydrogens (tertiary/aromatic N) is 5. The van der Waals surface area contributed by atoms with Crippen molar-refractivity contribution in [2.45, 2.75) is 46.5 Å². The van der Waals surface area contributed by atoms with E-state index in [0.717, 1.165) is 51.0 Å². The van der Waals surface area contributed by atoms with Crippen molar-refractivity contribution >= 4 is 38.2 Å². The number of carbonyl (C=O) groups is 1. The van der Waals surface area contributed by atoms with Crippen molar-refractivity contribution in [3.8, 4) is 11.3 Å². The van der Waals surface area contributed by atoms with Gasteiger partial charge in [-0.3, -0.25) is 4.79 Å². The first-order chi connectivity index (χ1) is 13.9. The monoisotopic (exact) mass is 408 g/mol. The van der Waals surface area contributed by atoms with Crippen molar-refractivity contribution in [1.82, 2.24) is 24.6 Å². The zero-order chi connectivity index (χ0) is 20.3. The Morgan fingerprint density at radius 3 is 2.66 bits per heavy atom. The number of aromatic nitrogens is 5. The van der Waals surface area contributed by atoms with Crippen LogP contribution in [-0.4, -0.2) is 43.4 Å². The van der Waals surface area contributed by atoms with E-state index in [1.165, 1.54) is 11.1 Å². The molecule has 0 aliphatic carbocycles. The van der Waals surface area contributed by atoms with Gasteiger partial charge in [-0.1, -0.05) is 25.2 Å². The number of hydrogen-bond acceptors (Lipinski definition) is 6. The number of anilines is 1. The number of aromatic amines is 1. The van der Waals surface area contributed by atoms with Crippen LogP contribution >= 0.6 is 11.3 Å².